The van der Waals surface area contributed by atoms with E-state index in [-0.39, 0.29) is 17.0 Å². The van der Waals surface area contributed by atoms with E-state index in [2.05, 4.69) is 0 Å². The molecule has 8 heteroatoms. The van der Waals surface area contributed by atoms with Gasteiger partial charge >= 0.3 is 0 Å². The second-order valence-corrected chi connectivity index (χ2v) is 5.35. The van der Waals surface area contributed by atoms with Crippen molar-refractivity contribution in [1.82, 2.24) is 4.72 Å². The molecule has 0 saturated carbocycles. The number of sulfonamides is 1. The van der Waals surface area contributed by atoms with Crippen molar-refractivity contribution in [3.05, 3.63) is 29.6 Å². The third-order valence-corrected chi connectivity index (χ3v) is 3.95. The van der Waals surface area contributed by atoms with E-state index in [4.69, 9.17) is 11.5 Å². The highest BCUT2D eigenvalue weighted by molar-refractivity contribution is 7.89. The molecule has 6 nitrogen and oxygen atoms in total. The van der Waals surface area contributed by atoms with Crippen molar-refractivity contribution in [2.24, 2.45) is 11.5 Å². The number of hydrogen-bond acceptors (Lipinski definition) is 4. The molecule has 100 valence electrons. The SMILES string of the molecule is CC(NS(=O)(=O)c1cccc(F)c1CN)C(N)=O. The number of rotatable bonds is 5. The minimum Gasteiger partial charge on any atom is -0.368 e. The second kappa shape index (κ2) is 5.42. The average Bonchev–Trinajstić information content (AvgIpc) is 2.27. The Kier molecular flexibility index (Phi) is 4.38. The first-order chi connectivity index (χ1) is 8.29. The Morgan fingerprint density at radius 1 is 1.50 bits per heavy atom. The number of halogens is 1. The molecule has 0 saturated heterocycles. The van der Waals surface area contributed by atoms with Gasteiger partial charge in [-0.25, -0.2) is 12.8 Å². The lowest BCUT2D eigenvalue weighted by Crippen LogP contribution is -2.42. The summed E-state index contributed by atoms with van der Waals surface area (Å²) in [6, 6.07) is 2.47. The van der Waals surface area contributed by atoms with Gasteiger partial charge in [0.05, 0.1) is 10.9 Å². The van der Waals surface area contributed by atoms with E-state index in [0.29, 0.717) is 0 Å². The van der Waals surface area contributed by atoms with Gasteiger partial charge in [-0.05, 0) is 19.1 Å². The zero-order valence-electron chi connectivity index (χ0n) is 9.68. The number of benzene rings is 1. The Labute approximate surface area is 104 Å². The number of amides is 1. The smallest absolute Gasteiger partial charge is 0.241 e. The predicted molar refractivity (Wildman–Crippen MR) is 63.3 cm³/mol. The first-order valence-electron chi connectivity index (χ1n) is 5.08. The molecule has 0 aromatic heterocycles. The van der Waals surface area contributed by atoms with Gasteiger partial charge < -0.3 is 11.5 Å². The molecule has 0 aliphatic rings. The van der Waals surface area contributed by atoms with Crippen molar-refractivity contribution < 1.29 is 17.6 Å². The Morgan fingerprint density at radius 2 is 2.11 bits per heavy atom. The van der Waals surface area contributed by atoms with Gasteiger partial charge in [-0.3, -0.25) is 4.79 Å². The lowest BCUT2D eigenvalue weighted by Gasteiger charge is -2.13. The number of nitrogens with one attached hydrogen (secondary N) is 1. The monoisotopic (exact) mass is 275 g/mol. The van der Waals surface area contributed by atoms with Crippen LogP contribution in [0.3, 0.4) is 0 Å². The van der Waals surface area contributed by atoms with Gasteiger partial charge in [-0.1, -0.05) is 6.07 Å². The Morgan fingerprint density at radius 3 is 2.61 bits per heavy atom. The molecule has 1 atom stereocenters. The largest absolute Gasteiger partial charge is 0.368 e. The van der Waals surface area contributed by atoms with Crippen LogP contribution in [0.4, 0.5) is 4.39 Å². The van der Waals surface area contributed by atoms with Crippen LogP contribution in [0.5, 0.6) is 0 Å². The molecule has 0 radical (unpaired) electrons. The molecular weight excluding hydrogens is 261 g/mol. The second-order valence-electron chi connectivity index (χ2n) is 3.67. The van der Waals surface area contributed by atoms with Gasteiger partial charge in [0.25, 0.3) is 0 Å². The summed E-state index contributed by atoms with van der Waals surface area (Å²) in [6.45, 7) is 1.02. The quantitative estimate of drug-likeness (QED) is 0.667. The van der Waals surface area contributed by atoms with Crippen LogP contribution in [-0.4, -0.2) is 20.4 Å². The van der Waals surface area contributed by atoms with Crippen molar-refractivity contribution in [1.29, 1.82) is 0 Å². The van der Waals surface area contributed by atoms with Gasteiger partial charge in [-0.15, -0.1) is 0 Å². The summed E-state index contributed by atoms with van der Waals surface area (Å²) >= 11 is 0. The van der Waals surface area contributed by atoms with E-state index < -0.39 is 27.8 Å². The summed E-state index contributed by atoms with van der Waals surface area (Å²) in [5.74, 6) is -1.55. The molecule has 0 aliphatic heterocycles. The fourth-order valence-electron chi connectivity index (χ4n) is 1.34. The highest BCUT2D eigenvalue weighted by Gasteiger charge is 2.24. The van der Waals surface area contributed by atoms with Gasteiger partial charge in [-0.2, -0.15) is 4.72 Å². The number of hydrogen-bond donors (Lipinski definition) is 3. The minimum absolute atomic E-state index is 0.137. The third kappa shape index (κ3) is 3.03. The highest BCUT2D eigenvalue weighted by Crippen LogP contribution is 2.18. The van der Waals surface area contributed by atoms with E-state index in [9.17, 15) is 17.6 Å². The molecule has 0 aliphatic carbocycles. The number of carbonyl (C=O) groups excluding carboxylic acids is 1. The van der Waals surface area contributed by atoms with E-state index in [0.717, 1.165) is 6.07 Å². The predicted octanol–water partition coefficient (Wildman–Crippen LogP) is -0.563. The van der Waals surface area contributed by atoms with Crippen LogP contribution >= 0.6 is 0 Å². The van der Waals surface area contributed by atoms with Crippen LogP contribution in [0.15, 0.2) is 23.1 Å². The van der Waals surface area contributed by atoms with Crippen molar-refractivity contribution >= 4 is 15.9 Å². The van der Waals surface area contributed by atoms with Crippen LogP contribution in [0.25, 0.3) is 0 Å². The fraction of sp³-hybridized carbons (Fsp3) is 0.300. The summed E-state index contributed by atoms with van der Waals surface area (Å²) in [5.41, 5.74) is 10.1. The minimum atomic E-state index is -4.04. The fourth-order valence-corrected chi connectivity index (χ4v) is 2.81. The standard InChI is InChI=1S/C10H14FN3O3S/c1-6(10(13)15)14-18(16,17)9-4-2-3-8(11)7(9)5-12/h2-4,6,14H,5,12H2,1H3,(H2,13,15). The van der Waals surface area contributed by atoms with E-state index in [1.165, 1.54) is 19.1 Å². The zero-order chi connectivity index (χ0) is 13.9. The number of nitrogens with two attached hydrogens (primary N) is 2. The molecule has 1 unspecified atom stereocenters. The summed E-state index contributed by atoms with van der Waals surface area (Å²) in [4.78, 5) is 10.5. The number of carbonyl (C=O) groups is 1. The molecule has 1 aromatic rings. The summed E-state index contributed by atoms with van der Waals surface area (Å²) < 4.78 is 39.3. The molecule has 5 N–H and O–H groups in total. The first kappa shape index (κ1) is 14.6. The van der Waals surface area contributed by atoms with Crippen molar-refractivity contribution in [2.75, 3.05) is 0 Å². The topological polar surface area (TPSA) is 115 Å². The van der Waals surface area contributed by atoms with Gasteiger partial charge in [0.1, 0.15) is 5.82 Å². The summed E-state index contributed by atoms with van der Waals surface area (Å²) in [7, 11) is -4.04. The molecule has 18 heavy (non-hydrogen) atoms. The molecule has 1 amide bonds. The zero-order valence-corrected chi connectivity index (χ0v) is 10.5. The number of primary amides is 1. The molecule has 1 aromatic carbocycles. The molecule has 0 fully saturated rings. The van der Waals surface area contributed by atoms with Gasteiger partial charge in [0.2, 0.25) is 15.9 Å². The van der Waals surface area contributed by atoms with E-state index in [1.807, 2.05) is 4.72 Å². The Balaban J connectivity index is 3.21. The van der Waals surface area contributed by atoms with E-state index in [1.54, 1.807) is 0 Å². The molecule has 0 bridgehead atoms. The normalized spacial score (nSPS) is 13.3. The highest BCUT2D eigenvalue weighted by atomic mass is 32.2. The van der Waals surface area contributed by atoms with Gasteiger partial charge in [0, 0.05) is 12.1 Å². The molecular formula is C10H14FN3O3S. The van der Waals surface area contributed by atoms with Crippen LogP contribution in [0, 0.1) is 5.82 Å². The summed E-state index contributed by atoms with van der Waals surface area (Å²) in [6.07, 6.45) is 0. The maximum atomic E-state index is 13.4. The Hall–Kier alpha value is -1.51. The van der Waals surface area contributed by atoms with Crippen molar-refractivity contribution in [3.63, 3.8) is 0 Å². The third-order valence-electron chi connectivity index (χ3n) is 2.33. The van der Waals surface area contributed by atoms with Crippen molar-refractivity contribution in [2.45, 2.75) is 24.4 Å². The Bertz CT molecular complexity index is 559. The molecule has 1 rings (SSSR count). The van der Waals surface area contributed by atoms with Crippen LogP contribution in [0.2, 0.25) is 0 Å². The van der Waals surface area contributed by atoms with Crippen molar-refractivity contribution in [3.8, 4) is 0 Å². The lowest BCUT2D eigenvalue weighted by atomic mass is 10.2. The van der Waals surface area contributed by atoms with Crippen LogP contribution < -0.4 is 16.2 Å². The summed E-state index contributed by atoms with van der Waals surface area (Å²) in [5, 5.41) is 0. The van der Waals surface area contributed by atoms with Crippen LogP contribution in [0.1, 0.15) is 12.5 Å². The lowest BCUT2D eigenvalue weighted by molar-refractivity contribution is -0.119. The first-order valence-corrected chi connectivity index (χ1v) is 6.57. The van der Waals surface area contributed by atoms with Gasteiger partial charge in [0.15, 0.2) is 0 Å². The van der Waals surface area contributed by atoms with E-state index >= 15 is 0 Å². The maximum absolute atomic E-state index is 13.4. The maximum Gasteiger partial charge on any atom is 0.241 e. The van der Waals surface area contributed by atoms with Crippen LogP contribution in [-0.2, 0) is 21.4 Å². The molecule has 0 heterocycles. The average molecular weight is 275 g/mol. The molecule has 0 spiro atoms.